The maximum Gasteiger partial charge on any atom is 0.323 e. The second-order valence-electron chi connectivity index (χ2n) is 7.03. The van der Waals surface area contributed by atoms with Crippen LogP contribution >= 0.6 is 0 Å². The van der Waals surface area contributed by atoms with E-state index in [-0.39, 0.29) is 24.1 Å². The second kappa shape index (κ2) is 9.90. The van der Waals surface area contributed by atoms with Crippen LogP contribution in [0.3, 0.4) is 0 Å². The Labute approximate surface area is 165 Å². The van der Waals surface area contributed by atoms with Gasteiger partial charge in [0.15, 0.2) is 0 Å². The molecule has 0 aromatic heterocycles. The summed E-state index contributed by atoms with van der Waals surface area (Å²) in [6.07, 6.45) is 3.63. The maximum absolute atomic E-state index is 12.1. The highest BCUT2D eigenvalue weighted by molar-refractivity contribution is 5.99. The van der Waals surface area contributed by atoms with Crippen LogP contribution in [0.15, 0.2) is 54.6 Å². The first kappa shape index (κ1) is 19.9. The molecule has 148 valence electrons. The molecule has 0 spiro atoms. The van der Waals surface area contributed by atoms with Crippen LogP contribution in [0.4, 0.5) is 16.2 Å². The first-order valence-corrected chi connectivity index (χ1v) is 9.74. The van der Waals surface area contributed by atoms with Crippen molar-refractivity contribution in [3.8, 4) is 0 Å². The normalized spacial score (nSPS) is 17.0. The average Bonchev–Trinajstić information content (AvgIpc) is 3.21. The highest BCUT2D eigenvalue weighted by Gasteiger charge is 2.17. The van der Waals surface area contributed by atoms with Crippen molar-refractivity contribution in [1.29, 1.82) is 0 Å². The van der Waals surface area contributed by atoms with Gasteiger partial charge in [-0.05, 0) is 56.0 Å². The number of para-hydroxylation sites is 1. The highest BCUT2D eigenvalue weighted by atomic mass is 16.5. The van der Waals surface area contributed by atoms with Gasteiger partial charge in [0.2, 0.25) is 5.91 Å². The van der Waals surface area contributed by atoms with Gasteiger partial charge in [-0.15, -0.1) is 0 Å². The third-order valence-electron chi connectivity index (χ3n) is 4.80. The van der Waals surface area contributed by atoms with Crippen LogP contribution in [0.25, 0.3) is 0 Å². The summed E-state index contributed by atoms with van der Waals surface area (Å²) in [5.41, 5.74) is 2.41. The van der Waals surface area contributed by atoms with Crippen LogP contribution in [0, 0.1) is 0 Å². The predicted octanol–water partition coefficient (Wildman–Crippen LogP) is 4.47. The third-order valence-corrected chi connectivity index (χ3v) is 4.80. The second-order valence-corrected chi connectivity index (χ2v) is 7.03. The van der Waals surface area contributed by atoms with Crippen LogP contribution in [0.1, 0.15) is 44.2 Å². The lowest BCUT2D eigenvalue weighted by Gasteiger charge is -2.16. The Bertz CT molecular complexity index is 771. The van der Waals surface area contributed by atoms with Crippen molar-refractivity contribution in [2.45, 2.75) is 44.8 Å². The first-order chi connectivity index (χ1) is 13.6. The molecule has 3 amide bonds. The molecule has 1 aliphatic rings. The largest absolute Gasteiger partial charge is 0.378 e. The van der Waals surface area contributed by atoms with E-state index >= 15 is 0 Å². The van der Waals surface area contributed by atoms with E-state index in [2.05, 4.69) is 16.0 Å². The first-order valence-electron chi connectivity index (χ1n) is 9.74. The van der Waals surface area contributed by atoms with Gasteiger partial charge in [-0.3, -0.25) is 4.79 Å². The van der Waals surface area contributed by atoms with Crippen LogP contribution in [0.2, 0.25) is 0 Å². The Hall–Kier alpha value is -2.86. The SMILES string of the molecule is C[C@H](NC(=O)CC[C@@H]1CCCO1)c1ccc(NC(=O)Nc2ccccc2)cc1. The lowest BCUT2D eigenvalue weighted by Crippen LogP contribution is -2.27. The zero-order chi connectivity index (χ0) is 19.8. The molecule has 0 aliphatic carbocycles. The molecule has 0 unspecified atom stereocenters. The molecule has 3 rings (SSSR count). The number of rotatable bonds is 7. The van der Waals surface area contributed by atoms with E-state index < -0.39 is 0 Å². The van der Waals surface area contributed by atoms with Gasteiger partial charge < -0.3 is 20.7 Å². The zero-order valence-corrected chi connectivity index (χ0v) is 16.1. The molecule has 0 saturated carbocycles. The summed E-state index contributed by atoms with van der Waals surface area (Å²) in [6, 6.07) is 16.3. The molecule has 1 fully saturated rings. The minimum atomic E-state index is -0.297. The lowest BCUT2D eigenvalue weighted by atomic mass is 10.1. The number of urea groups is 1. The van der Waals surface area contributed by atoms with Crippen LogP contribution in [0.5, 0.6) is 0 Å². The molecule has 0 bridgehead atoms. The Morgan fingerprint density at radius 1 is 1.04 bits per heavy atom. The van der Waals surface area contributed by atoms with E-state index in [4.69, 9.17) is 4.74 Å². The Kier molecular flexibility index (Phi) is 7.03. The summed E-state index contributed by atoms with van der Waals surface area (Å²) in [5.74, 6) is 0.0347. The van der Waals surface area contributed by atoms with E-state index in [1.54, 1.807) is 0 Å². The summed E-state index contributed by atoms with van der Waals surface area (Å²) in [5, 5.41) is 8.59. The summed E-state index contributed by atoms with van der Waals surface area (Å²) in [7, 11) is 0. The number of amides is 3. The summed E-state index contributed by atoms with van der Waals surface area (Å²) in [4.78, 5) is 24.2. The fourth-order valence-electron chi connectivity index (χ4n) is 3.23. The standard InChI is InChI=1S/C22H27N3O3/c1-16(23-21(26)14-13-20-8-5-15-28-20)17-9-11-19(12-10-17)25-22(27)24-18-6-3-2-4-7-18/h2-4,6-7,9-12,16,20H,5,8,13-15H2,1H3,(H,23,26)(H2,24,25,27)/t16-,20-/m0/s1. The van der Waals surface area contributed by atoms with Crippen molar-refractivity contribution in [3.05, 3.63) is 60.2 Å². The van der Waals surface area contributed by atoms with E-state index in [1.165, 1.54) is 0 Å². The van der Waals surface area contributed by atoms with Gasteiger partial charge in [-0.25, -0.2) is 4.79 Å². The van der Waals surface area contributed by atoms with Gasteiger partial charge in [-0.1, -0.05) is 30.3 Å². The lowest BCUT2D eigenvalue weighted by molar-refractivity contribution is -0.122. The molecule has 1 aliphatic heterocycles. The van der Waals surface area contributed by atoms with Crippen molar-refractivity contribution in [2.75, 3.05) is 17.2 Å². The fourth-order valence-corrected chi connectivity index (χ4v) is 3.23. The molecule has 2 atom stereocenters. The summed E-state index contributed by atoms with van der Waals surface area (Å²) >= 11 is 0. The fraction of sp³-hybridized carbons (Fsp3) is 0.364. The van der Waals surface area contributed by atoms with E-state index in [0.29, 0.717) is 12.1 Å². The van der Waals surface area contributed by atoms with E-state index in [1.807, 2.05) is 61.5 Å². The predicted molar refractivity (Wildman–Crippen MR) is 110 cm³/mol. The van der Waals surface area contributed by atoms with Crippen molar-refractivity contribution < 1.29 is 14.3 Å². The van der Waals surface area contributed by atoms with Crippen LogP contribution < -0.4 is 16.0 Å². The molecule has 2 aromatic rings. The molecule has 1 heterocycles. The number of carbonyl (C=O) groups excluding carboxylic acids is 2. The maximum atomic E-state index is 12.1. The van der Waals surface area contributed by atoms with Crippen molar-refractivity contribution in [2.24, 2.45) is 0 Å². The number of hydrogen-bond donors (Lipinski definition) is 3. The molecule has 28 heavy (non-hydrogen) atoms. The molecular weight excluding hydrogens is 354 g/mol. The van der Waals surface area contributed by atoms with E-state index in [9.17, 15) is 9.59 Å². The monoisotopic (exact) mass is 381 g/mol. The van der Waals surface area contributed by atoms with Gasteiger partial charge in [0.05, 0.1) is 12.1 Å². The smallest absolute Gasteiger partial charge is 0.323 e. The topological polar surface area (TPSA) is 79.5 Å². The Morgan fingerprint density at radius 3 is 2.36 bits per heavy atom. The molecule has 3 N–H and O–H groups in total. The van der Waals surface area contributed by atoms with Crippen molar-refractivity contribution >= 4 is 23.3 Å². The van der Waals surface area contributed by atoms with Crippen LogP contribution in [-0.2, 0) is 9.53 Å². The number of anilines is 2. The number of carbonyl (C=O) groups is 2. The van der Waals surface area contributed by atoms with Crippen molar-refractivity contribution in [3.63, 3.8) is 0 Å². The summed E-state index contributed by atoms with van der Waals surface area (Å²) < 4.78 is 5.56. The number of benzene rings is 2. The minimum absolute atomic E-state index is 0.0347. The Morgan fingerprint density at radius 2 is 1.71 bits per heavy atom. The van der Waals surface area contributed by atoms with Crippen molar-refractivity contribution in [1.82, 2.24) is 5.32 Å². The number of nitrogens with one attached hydrogen (secondary N) is 3. The zero-order valence-electron chi connectivity index (χ0n) is 16.1. The van der Waals surface area contributed by atoms with Gasteiger partial charge >= 0.3 is 6.03 Å². The van der Waals surface area contributed by atoms with Gasteiger partial charge in [0, 0.05) is 24.4 Å². The molecule has 1 saturated heterocycles. The minimum Gasteiger partial charge on any atom is -0.378 e. The van der Waals surface area contributed by atoms with Gasteiger partial charge in [0.25, 0.3) is 0 Å². The van der Waals surface area contributed by atoms with Gasteiger partial charge in [-0.2, -0.15) is 0 Å². The molecule has 2 aromatic carbocycles. The Balaban J connectivity index is 1.44. The molecule has 6 heteroatoms. The quantitative estimate of drug-likeness (QED) is 0.662. The third kappa shape index (κ3) is 6.09. The van der Waals surface area contributed by atoms with Crippen LogP contribution in [-0.4, -0.2) is 24.6 Å². The molecule has 0 radical (unpaired) electrons. The van der Waals surface area contributed by atoms with Gasteiger partial charge in [0.1, 0.15) is 0 Å². The average molecular weight is 381 g/mol. The number of ether oxygens (including phenoxy) is 1. The summed E-state index contributed by atoms with van der Waals surface area (Å²) in [6.45, 7) is 2.76. The highest BCUT2D eigenvalue weighted by Crippen LogP contribution is 2.19. The molecular formula is C22H27N3O3. The van der Waals surface area contributed by atoms with E-state index in [0.717, 1.165) is 37.1 Å². The molecule has 6 nitrogen and oxygen atoms in total. The number of hydrogen-bond acceptors (Lipinski definition) is 3.